The van der Waals surface area contributed by atoms with Gasteiger partial charge in [-0.3, -0.25) is 4.79 Å². The molecule has 0 aliphatic heterocycles. The number of furan rings is 1. The number of hydrogen-bond donors (Lipinski definition) is 0. The van der Waals surface area contributed by atoms with Gasteiger partial charge in [0.25, 0.3) is 0 Å². The van der Waals surface area contributed by atoms with Gasteiger partial charge < -0.3 is 13.9 Å². The molecular weight excluding hydrogens is 568 g/mol. The monoisotopic (exact) mass is 632 g/mol. The molecule has 256 valence electrons. The van der Waals surface area contributed by atoms with E-state index in [4.69, 9.17) is 13.9 Å². The third-order valence-electron chi connectivity index (χ3n) is 9.11. The molecule has 0 unspecified atom stereocenters. The molecule has 46 heavy (non-hydrogen) atoms. The molecule has 0 aliphatic rings. The second-order valence-corrected chi connectivity index (χ2v) is 15.3. The molecule has 0 spiro atoms. The first kappa shape index (κ1) is 37.7. The lowest BCUT2D eigenvalue weighted by Crippen LogP contribution is -2.16. The van der Waals surface area contributed by atoms with Crippen molar-refractivity contribution in [3.63, 3.8) is 0 Å². The van der Waals surface area contributed by atoms with Crippen LogP contribution in [0.5, 0.6) is 5.75 Å². The summed E-state index contributed by atoms with van der Waals surface area (Å²) < 4.78 is 17.5. The Bertz CT molecular complexity index is 1290. The highest BCUT2D eigenvalue weighted by Crippen LogP contribution is 2.40. The van der Waals surface area contributed by atoms with Gasteiger partial charge in [0.05, 0.1) is 6.26 Å². The van der Waals surface area contributed by atoms with Gasteiger partial charge in [0.2, 0.25) is 0 Å². The molecular formula is C42H64O4. The Kier molecular flexibility index (Phi) is 15.7. The summed E-state index contributed by atoms with van der Waals surface area (Å²) >= 11 is 0. The number of rotatable bonds is 21. The fraction of sp³-hybridized carbons (Fsp3) is 0.643. The summed E-state index contributed by atoms with van der Waals surface area (Å²) in [5.74, 6) is 0.644. The zero-order chi connectivity index (χ0) is 33.4. The Morgan fingerprint density at radius 3 is 1.74 bits per heavy atom. The van der Waals surface area contributed by atoms with E-state index >= 15 is 0 Å². The lowest BCUT2D eigenvalue weighted by molar-refractivity contribution is -0.144. The van der Waals surface area contributed by atoms with E-state index in [1.54, 1.807) is 0 Å². The average Bonchev–Trinajstić information content (AvgIpc) is 3.44. The van der Waals surface area contributed by atoms with Crippen molar-refractivity contribution in [3.8, 4) is 16.9 Å². The van der Waals surface area contributed by atoms with Crippen LogP contribution in [-0.4, -0.2) is 19.2 Å². The van der Waals surface area contributed by atoms with Crippen LogP contribution in [-0.2, 0) is 20.4 Å². The quantitative estimate of drug-likeness (QED) is 0.0866. The Morgan fingerprint density at radius 1 is 0.674 bits per heavy atom. The normalized spacial score (nSPS) is 12.2. The van der Waals surface area contributed by atoms with Crippen LogP contribution in [0.1, 0.15) is 162 Å². The predicted molar refractivity (Wildman–Crippen MR) is 195 cm³/mol. The number of esters is 1. The summed E-state index contributed by atoms with van der Waals surface area (Å²) in [6.07, 6.45) is 22.2. The van der Waals surface area contributed by atoms with Crippen molar-refractivity contribution in [1.82, 2.24) is 0 Å². The van der Waals surface area contributed by atoms with Crippen LogP contribution in [0, 0.1) is 0 Å². The molecule has 4 nitrogen and oxygen atoms in total. The average molecular weight is 633 g/mol. The minimum absolute atomic E-state index is 0.0261. The zero-order valence-electron chi connectivity index (χ0n) is 30.4. The first-order chi connectivity index (χ1) is 22.0. The van der Waals surface area contributed by atoms with Gasteiger partial charge in [-0.05, 0) is 46.6 Å². The van der Waals surface area contributed by atoms with Crippen LogP contribution in [0.25, 0.3) is 22.1 Å². The molecule has 3 rings (SSSR count). The molecule has 0 bridgehead atoms. The van der Waals surface area contributed by atoms with E-state index in [0.717, 1.165) is 40.7 Å². The maximum absolute atomic E-state index is 12.2. The fourth-order valence-corrected chi connectivity index (χ4v) is 6.11. The van der Waals surface area contributed by atoms with E-state index in [0.29, 0.717) is 13.0 Å². The van der Waals surface area contributed by atoms with Crippen LogP contribution in [0.2, 0.25) is 0 Å². The minimum atomic E-state index is -0.121. The molecule has 1 aromatic heterocycles. The zero-order valence-corrected chi connectivity index (χ0v) is 30.4. The number of unbranched alkanes of at least 4 members (excludes halogenated alkanes) is 14. The first-order valence-corrected chi connectivity index (χ1v) is 18.5. The highest BCUT2D eigenvalue weighted by Gasteiger charge is 2.25. The number of hydrogen-bond acceptors (Lipinski definition) is 4. The minimum Gasteiger partial charge on any atom is -0.490 e. The molecule has 0 amide bonds. The van der Waals surface area contributed by atoms with E-state index in [2.05, 4.69) is 72.7 Å². The van der Waals surface area contributed by atoms with Crippen LogP contribution >= 0.6 is 0 Å². The summed E-state index contributed by atoms with van der Waals surface area (Å²) in [5, 5.41) is 1.15. The number of ether oxygens (including phenoxy) is 2. The molecule has 0 saturated heterocycles. The molecule has 0 radical (unpaired) electrons. The second-order valence-electron chi connectivity index (χ2n) is 15.3. The lowest BCUT2D eigenvalue weighted by Gasteiger charge is -2.25. The van der Waals surface area contributed by atoms with Gasteiger partial charge in [0.1, 0.15) is 24.5 Å². The predicted octanol–water partition coefficient (Wildman–Crippen LogP) is 12.9. The molecule has 4 heteroatoms. The maximum atomic E-state index is 12.2. The standard InChI is InChI=1S/C42H64O4/c1-8-9-10-11-12-13-14-15-16-17-18-19-20-21-22-23-39(43)45-29-28-44-35-26-24-33(25-27-35)37-32-46-40-36(37)30-34(41(2,3)4)31-38(40)42(5,6)7/h24-27,30-32H,8-23,28-29H2,1-7H3. The van der Waals surface area contributed by atoms with Crippen molar-refractivity contribution in [2.24, 2.45) is 0 Å². The van der Waals surface area contributed by atoms with E-state index in [-0.39, 0.29) is 23.4 Å². The Morgan fingerprint density at radius 2 is 1.22 bits per heavy atom. The molecule has 0 aliphatic carbocycles. The first-order valence-electron chi connectivity index (χ1n) is 18.5. The topological polar surface area (TPSA) is 48.7 Å². The summed E-state index contributed by atoms with van der Waals surface area (Å²) in [5.41, 5.74) is 5.69. The number of carbonyl (C=O) groups is 1. The molecule has 2 aromatic carbocycles. The van der Waals surface area contributed by atoms with Crippen molar-refractivity contribution in [2.45, 2.75) is 162 Å². The summed E-state index contributed by atoms with van der Waals surface area (Å²) in [6.45, 7) is 16.4. The Hall–Kier alpha value is -2.75. The highest BCUT2D eigenvalue weighted by molar-refractivity contribution is 5.96. The van der Waals surface area contributed by atoms with E-state index < -0.39 is 0 Å². The van der Waals surface area contributed by atoms with Gasteiger partial charge in [0, 0.05) is 22.9 Å². The second kappa shape index (κ2) is 19.2. The van der Waals surface area contributed by atoms with Crippen LogP contribution in [0.4, 0.5) is 0 Å². The number of fused-ring (bicyclic) bond motifs is 1. The Labute approximate surface area is 281 Å². The fourth-order valence-electron chi connectivity index (χ4n) is 6.11. The third kappa shape index (κ3) is 12.8. The van der Waals surface area contributed by atoms with Crippen molar-refractivity contribution in [2.75, 3.05) is 13.2 Å². The largest absolute Gasteiger partial charge is 0.490 e. The van der Waals surface area contributed by atoms with Gasteiger partial charge in [0.15, 0.2) is 0 Å². The van der Waals surface area contributed by atoms with E-state index in [1.807, 2.05) is 18.4 Å². The van der Waals surface area contributed by atoms with Crippen LogP contribution in [0.3, 0.4) is 0 Å². The maximum Gasteiger partial charge on any atom is 0.305 e. The van der Waals surface area contributed by atoms with Gasteiger partial charge in [-0.15, -0.1) is 0 Å². The molecule has 0 N–H and O–H groups in total. The molecule has 0 atom stereocenters. The van der Waals surface area contributed by atoms with Crippen molar-refractivity contribution >= 4 is 16.9 Å². The van der Waals surface area contributed by atoms with E-state index in [9.17, 15) is 4.79 Å². The SMILES string of the molecule is CCCCCCCCCCCCCCCCCC(=O)OCCOc1ccc(-c2coc3c(C(C)(C)C)cc(C(C)(C)C)cc23)cc1. The molecule has 3 aromatic rings. The van der Waals surface area contributed by atoms with Crippen molar-refractivity contribution in [3.05, 3.63) is 53.8 Å². The lowest BCUT2D eigenvalue weighted by atomic mass is 9.79. The van der Waals surface area contributed by atoms with Gasteiger partial charge >= 0.3 is 5.97 Å². The summed E-state index contributed by atoms with van der Waals surface area (Å²) in [6, 6.07) is 12.7. The summed E-state index contributed by atoms with van der Waals surface area (Å²) in [7, 11) is 0. The highest BCUT2D eigenvalue weighted by atomic mass is 16.6. The molecule has 0 saturated carbocycles. The van der Waals surface area contributed by atoms with Crippen molar-refractivity contribution in [1.29, 1.82) is 0 Å². The van der Waals surface area contributed by atoms with Gasteiger partial charge in [-0.1, -0.05) is 157 Å². The van der Waals surface area contributed by atoms with Crippen LogP contribution < -0.4 is 4.74 Å². The summed E-state index contributed by atoms with van der Waals surface area (Å²) in [4.78, 5) is 12.2. The molecule has 0 fully saturated rings. The smallest absolute Gasteiger partial charge is 0.305 e. The molecule has 1 heterocycles. The Balaban J connectivity index is 1.30. The van der Waals surface area contributed by atoms with Gasteiger partial charge in [-0.2, -0.15) is 0 Å². The third-order valence-corrected chi connectivity index (χ3v) is 9.11. The van der Waals surface area contributed by atoms with Crippen molar-refractivity contribution < 1.29 is 18.7 Å². The number of carbonyl (C=O) groups excluding carboxylic acids is 1. The number of benzene rings is 2. The van der Waals surface area contributed by atoms with E-state index in [1.165, 1.54) is 94.6 Å². The van der Waals surface area contributed by atoms with Gasteiger partial charge in [-0.25, -0.2) is 0 Å². The van der Waals surface area contributed by atoms with Crippen LogP contribution in [0.15, 0.2) is 47.1 Å².